The summed E-state index contributed by atoms with van der Waals surface area (Å²) in [4.78, 5) is 48.2. The van der Waals surface area contributed by atoms with Crippen LogP contribution in [0, 0.1) is 0 Å². The van der Waals surface area contributed by atoms with Crippen molar-refractivity contribution in [2.75, 3.05) is 13.2 Å². The van der Waals surface area contributed by atoms with Crippen LogP contribution in [0.3, 0.4) is 0 Å². The van der Waals surface area contributed by atoms with E-state index < -0.39 is 11.2 Å². The molecule has 0 bridgehead atoms. The zero-order chi connectivity index (χ0) is 33.0. The highest BCUT2D eigenvalue weighted by Gasteiger charge is 2.25. The van der Waals surface area contributed by atoms with Gasteiger partial charge in [-0.1, -0.05) is 60.7 Å². The third-order valence-electron chi connectivity index (χ3n) is 7.06. The van der Waals surface area contributed by atoms with Crippen molar-refractivity contribution in [1.82, 2.24) is 0 Å². The van der Waals surface area contributed by atoms with Crippen LogP contribution in [-0.4, -0.2) is 48.3 Å². The van der Waals surface area contributed by atoms with Gasteiger partial charge in [0.2, 0.25) is 0 Å². The SMILES string of the molecule is CC(C)(CCOC(=O)CCCCC(=O)OCc1ccccc1)OCCC(C)(C)OC(=O)CCCCC(=O)OCc1ccccc1. The summed E-state index contributed by atoms with van der Waals surface area (Å²) < 4.78 is 27.5. The number of hydrogen-bond acceptors (Lipinski definition) is 9. The topological polar surface area (TPSA) is 114 Å². The monoisotopic (exact) mass is 626 g/mol. The van der Waals surface area contributed by atoms with Crippen LogP contribution in [0.25, 0.3) is 0 Å². The Balaban J connectivity index is 1.48. The fourth-order valence-electron chi connectivity index (χ4n) is 4.24. The predicted molar refractivity (Wildman–Crippen MR) is 170 cm³/mol. The number of carbonyl (C=O) groups is 4. The van der Waals surface area contributed by atoms with Crippen molar-refractivity contribution in [2.24, 2.45) is 0 Å². The van der Waals surface area contributed by atoms with Crippen LogP contribution in [0.2, 0.25) is 0 Å². The largest absolute Gasteiger partial charge is 0.466 e. The average molecular weight is 627 g/mol. The maximum Gasteiger partial charge on any atom is 0.306 e. The van der Waals surface area contributed by atoms with Crippen molar-refractivity contribution in [1.29, 1.82) is 0 Å². The van der Waals surface area contributed by atoms with E-state index >= 15 is 0 Å². The Morgan fingerprint density at radius 3 is 1.38 bits per heavy atom. The van der Waals surface area contributed by atoms with E-state index in [0.717, 1.165) is 11.1 Å². The van der Waals surface area contributed by atoms with Crippen molar-refractivity contribution in [3.8, 4) is 0 Å². The van der Waals surface area contributed by atoms with E-state index in [0.29, 0.717) is 45.1 Å². The molecule has 45 heavy (non-hydrogen) atoms. The average Bonchev–Trinajstić information content (AvgIpc) is 3.00. The Kier molecular flexibility index (Phi) is 16.9. The normalized spacial score (nSPS) is 11.5. The molecular formula is C36H50O9. The fourth-order valence-corrected chi connectivity index (χ4v) is 4.24. The van der Waals surface area contributed by atoms with Crippen LogP contribution in [0.1, 0.15) is 103 Å². The Bertz CT molecular complexity index is 1160. The van der Waals surface area contributed by atoms with Crippen molar-refractivity contribution >= 4 is 23.9 Å². The Morgan fingerprint density at radius 2 is 0.911 bits per heavy atom. The number of benzene rings is 2. The molecule has 0 aliphatic carbocycles. The maximum absolute atomic E-state index is 12.3. The highest BCUT2D eigenvalue weighted by Crippen LogP contribution is 2.21. The molecule has 0 heterocycles. The van der Waals surface area contributed by atoms with Crippen molar-refractivity contribution in [2.45, 2.75) is 116 Å². The molecular weight excluding hydrogens is 576 g/mol. The van der Waals surface area contributed by atoms with E-state index in [1.54, 1.807) is 0 Å². The Hall–Kier alpha value is -3.72. The van der Waals surface area contributed by atoms with E-state index in [4.69, 9.17) is 23.7 Å². The number of hydrogen-bond donors (Lipinski definition) is 0. The van der Waals surface area contributed by atoms with Gasteiger partial charge >= 0.3 is 23.9 Å². The zero-order valence-corrected chi connectivity index (χ0v) is 27.3. The molecule has 0 saturated heterocycles. The first-order valence-corrected chi connectivity index (χ1v) is 15.8. The van der Waals surface area contributed by atoms with E-state index in [-0.39, 0.29) is 69.4 Å². The summed E-state index contributed by atoms with van der Waals surface area (Å²) in [5.74, 6) is -1.18. The Morgan fingerprint density at radius 1 is 0.511 bits per heavy atom. The van der Waals surface area contributed by atoms with Crippen molar-refractivity contribution in [3.05, 3.63) is 71.8 Å². The van der Waals surface area contributed by atoms with Crippen molar-refractivity contribution < 1.29 is 42.9 Å². The molecule has 2 aromatic rings. The number of rotatable bonds is 22. The van der Waals surface area contributed by atoms with Crippen LogP contribution in [0.5, 0.6) is 0 Å². The summed E-state index contributed by atoms with van der Waals surface area (Å²) in [6.45, 7) is 8.62. The maximum atomic E-state index is 12.3. The Labute approximate surface area is 267 Å². The molecule has 0 unspecified atom stereocenters. The van der Waals surface area contributed by atoms with Gasteiger partial charge in [0.1, 0.15) is 18.8 Å². The van der Waals surface area contributed by atoms with E-state index in [1.165, 1.54) is 0 Å². The summed E-state index contributed by atoms with van der Waals surface area (Å²) in [5.41, 5.74) is 0.638. The number of esters is 4. The molecule has 0 aromatic heterocycles. The lowest BCUT2D eigenvalue weighted by Crippen LogP contribution is -2.33. The van der Waals surface area contributed by atoms with Gasteiger partial charge in [-0.2, -0.15) is 0 Å². The second-order valence-electron chi connectivity index (χ2n) is 12.3. The molecule has 0 aliphatic rings. The summed E-state index contributed by atoms with van der Waals surface area (Å²) in [6, 6.07) is 19.0. The second kappa shape index (κ2) is 20.3. The standard InChI is InChI=1S/C36H50O9/c1-35(2,23-25-41-31(37)19-11-12-20-32(38)42-27-29-15-7-5-8-16-29)44-26-24-36(3,4)45-34(40)22-14-13-21-33(39)43-28-30-17-9-6-10-18-30/h5-10,15-18H,11-14,19-28H2,1-4H3. The molecule has 0 radical (unpaired) electrons. The molecule has 0 spiro atoms. The summed E-state index contributed by atoms with van der Waals surface area (Å²) in [7, 11) is 0. The van der Waals surface area contributed by atoms with Crippen molar-refractivity contribution in [3.63, 3.8) is 0 Å². The van der Waals surface area contributed by atoms with Gasteiger partial charge in [-0.15, -0.1) is 0 Å². The third kappa shape index (κ3) is 18.6. The second-order valence-corrected chi connectivity index (χ2v) is 12.3. The first kappa shape index (κ1) is 37.5. The molecule has 9 heteroatoms. The molecule has 0 fully saturated rings. The molecule has 0 aliphatic heterocycles. The lowest BCUT2D eigenvalue weighted by molar-refractivity contribution is -0.159. The summed E-state index contributed by atoms with van der Waals surface area (Å²) in [6.07, 6.45) is 4.20. The smallest absolute Gasteiger partial charge is 0.306 e. The zero-order valence-electron chi connectivity index (χ0n) is 27.3. The quantitative estimate of drug-likeness (QED) is 0.0771. The number of carbonyl (C=O) groups excluding carboxylic acids is 4. The molecule has 0 N–H and O–H groups in total. The van der Waals surface area contributed by atoms with Gasteiger partial charge in [-0.3, -0.25) is 19.2 Å². The van der Waals surface area contributed by atoms with Gasteiger partial charge in [0.25, 0.3) is 0 Å². The molecule has 2 aromatic carbocycles. The lowest BCUT2D eigenvalue weighted by Gasteiger charge is -2.29. The minimum Gasteiger partial charge on any atom is -0.466 e. The van der Waals surface area contributed by atoms with Crippen LogP contribution >= 0.6 is 0 Å². The van der Waals surface area contributed by atoms with E-state index in [2.05, 4.69) is 0 Å². The molecule has 0 saturated carbocycles. The predicted octanol–water partition coefficient (Wildman–Crippen LogP) is 7.03. The molecule has 0 amide bonds. The van der Waals surface area contributed by atoms with E-state index in [9.17, 15) is 19.2 Å². The number of unbranched alkanes of at least 4 members (excludes halogenated alkanes) is 2. The van der Waals surface area contributed by atoms with Crippen LogP contribution in [0.15, 0.2) is 60.7 Å². The molecule has 248 valence electrons. The van der Waals surface area contributed by atoms with Crippen LogP contribution in [0.4, 0.5) is 0 Å². The van der Waals surface area contributed by atoms with Gasteiger partial charge in [0.05, 0.1) is 18.8 Å². The first-order chi connectivity index (χ1) is 21.4. The molecule has 0 atom stereocenters. The molecule has 9 nitrogen and oxygen atoms in total. The fraction of sp³-hybridized carbons (Fsp3) is 0.556. The van der Waals surface area contributed by atoms with Gasteiger partial charge in [0.15, 0.2) is 0 Å². The summed E-state index contributed by atoms with van der Waals surface area (Å²) in [5, 5.41) is 0. The minimum absolute atomic E-state index is 0.225. The highest BCUT2D eigenvalue weighted by molar-refractivity contribution is 5.71. The third-order valence-corrected chi connectivity index (χ3v) is 7.06. The van der Waals surface area contributed by atoms with E-state index in [1.807, 2.05) is 88.4 Å². The first-order valence-electron chi connectivity index (χ1n) is 15.8. The lowest BCUT2D eigenvalue weighted by atomic mass is 10.0. The van der Waals surface area contributed by atoms with Crippen LogP contribution < -0.4 is 0 Å². The van der Waals surface area contributed by atoms with Gasteiger partial charge in [0, 0.05) is 38.5 Å². The number of ether oxygens (including phenoxy) is 5. The minimum atomic E-state index is -0.706. The highest BCUT2D eigenvalue weighted by atomic mass is 16.6. The summed E-state index contributed by atoms with van der Waals surface area (Å²) >= 11 is 0. The van der Waals surface area contributed by atoms with Crippen LogP contribution in [-0.2, 0) is 56.1 Å². The van der Waals surface area contributed by atoms with Gasteiger partial charge in [-0.25, -0.2) is 0 Å². The van der Waals surface area contributed by atoms with Gasteiger partial charge in [-0.05, 0) is 64.5 Å². The van der Waals surface area contributed by atoms with Gasteiger partial charge < -0.3 is 23.7 Å². The molecule has 2 rings (SSSR count).